The zero-order valence-corrected chi connectivity index (χ0v) is 32.7. The summed E-state index contributed by atoms with van der Waals surface area (Å²) in [6.07, 6.45) is 2.47. The molecule has 57 heavy (non-hydrogen) atoms. The molecule has 4 aliphatic rings. The van der Waals surface area contributed by atoms with Crippen molar-refractivity contribution < 1.29 is 8.83 Å². The molecular weight excluding hydrogens is 714 g/mol. The minimum absolute atomic E-state index is 0.0459. The highest BCUT2D eigenvalue weighted by molar-refractivity contribution is 7.78. The fourth-order valence-corrected chi connectivity index (χ4v) is 14.3. The molecule has 6 heteroatoms. The Hall–Kier alpha value is -6.29. The molecule has 13 rings (SSSR count). The van der Waals surface area contributed by atoms with Crippen LogP contribution >= 0.6 is 7.92 Å². The predicted molar refractivity (Wildman–Crippen MR) is 239 cm³/mol. The van der Waals surface area contributed by atoms with Crippen LogP contribution in [0, 0.1) is 13.8 Å². The molecule has 0 N–H and O–H groups in total. The van der Waals surface area contributed by atoms with Gasteiger partial charge in [-0.1, -0.05) is 116 Å². The van der Waals surface area contributed by atoms with E-state index in [2.05, 4.69) is 188 Å². The third-order valence-corrected chi connectivity index (χ3v) is 16.1. The quantitative estimate of drug-likeness (QED) is 0.133. The Morgan fingerprint density at radius 3 is 1.95 bits per heavy atom. The molecule has 0 radical (unpaired) electrons. The van der Waals surface area contributed by atoms with E-state index in [1.54, 1.807) is 0 Å². The average molecular weight is 751 g/mol. The molecule has 3 atom stereocenters. The number of hydrogen-bond acceptors (Lipinski definition) is 4. The maximum absolute atomic E-state index is 6.97. The summed E-state index contributed by atoms with van der Waals surface area (Å²) >= 11 is 0. The van der Waals surface area contributed by atoms with Crippen LogP contribution in [0.4, 0.5) is 28.4 Å². The molecule has 3 unspecified atom stereocenters. The second-order valence-corrected chi connectivity index (χ2v) is 18.5. The molecule has 9 aromatic rings. The third kappa shape index (κ3) is 3.93. The molecule has 0 spiro atoms. The molecule has 0 saturated carbocycles. The topological polar surface area (TPSA) is 32.8 Å². The first kappa shape index (κ1) is 31.9. The van der Waals surface area contributed by atoms with Gasteiger partial charge in [0.05, 0.1) is 17.1 Å². The van der Waals surface area contributed by atoms with Gasteiger partial charge in [-0.15, -0.1) is 0 Å². The SMILES string of the molecule is Cc1cc(C)c2c3c1N(c1ccccc1)c1c4c(cc5oc6ccccc6c15)P(c1ccccc1)C1=Cc5oc6ccccc6c5C(N2c2ccccc2)C1(C)B34. The lowest BCUT2D eigenvalue weighted by Crippen LogP contribution is -2.69. The van der Waals surface area contributed by atoms with Crippen molar-refractivity contribution in [2.45, 2.75) is 32.1 Å². The van der Waals surface area contributed by atoms with E-state index in [-0.39, 0.29) is 18.1 Å². The fourth-order valence-electron chi connectivity index (χ4n) is 11.3. The molecule has 2 aromatic heterocycles. The van der Waals surface area contributed by atoms with Crippen molar-refractivity contribution in [2.75, 3.05) is 9.80 Å². The van der Waals surface area contributed by atoms with Gasteiger partial charge in [0.2, 0.25) is 6.71 Å². The van der Waals surface area contributed by atoms with E-state index in [0.717, 1.165) is 33.6 Å². The van der Waals surface area contributed by atoms with Crippen LogP contribution in [0.25, 0.3) is 39.0 Å². The Bertz CT molecular complexity index is 3210. The lowest BCUT2D eigenvalue weighted by atomic mass is 9.22. The number of hydrogen-bond donors (Lipinski definition) is 0. The second kappa shape index (κ2) is 11.2. The van der Waals surface area contributed by atoms with Crippen LogP contribution in [0.3, 0.4) is 0 Å². The Morgan fingerprint density at radius 1 is 0.596 bits per heavy atom. The highest BCUT2D eigenvalue weighted by Gasteiger charge is 2.65. The first-order chi connectivity index (χ1) is 28.0. The van der Waals surface area contributed by atoms with Crippen molar-refractivity contribution in [2.24, 2.45) is 0 Å². The van der Waals surface area contributed by atoms with Crippen LogP contribution in [-0.4, -0.2) is 6.71 Å². The summed E-state index contributed by atoms with van der Waals surface area (Å²) in [5.74, 6) is 0.974. The number of anilines is 5. The van der Waals surface area contributed by atoms with Gasteiger partial charge in [0.25, 0.3) is 0 Å². The summed E-state index contributed by atoms with van der Waals surface area (Å²) in [5.41, 5.74) is 15.6. The van der Waals surface area contributed by atoms with Crippen LogP contribution in [0.5, 0.6) is 0 Å². The fraction of sp³-hybridized carbons (Fsp3) is 0.0980. The third-order valence-electron chi connectivity index (χ3n) is 13.3. The first-order valence-corrected chi connectivity index (χ1v) is 21.3. The van der Waals surface area contributed by atoms with E-state index >= 15 is 0 Å². The van der Waals surface area contributed by atoms with E-state index in [1.807, 2.05) is 0 Å². The van der Waals surface area contributed by atoms with Gasteiger partial charge in [-0.25, -0.2) is 0 Å². The molecule has 7 aromatic carbocycles. The number of rotatable bonds is 3. The lowest BCUT2D eigenvalue weighted by Gasteiger charge is -2.61. The van der Waals surface area contributed by atoms with Gasteiger partial charge in [0, 0.05) is 44.4 Å². The molecule has 4 nitrogen and oxygen atoms in total. The molecule has 0 saturated heterocycles. The molecular formula is C51H36BN2O2P. The van der Waals surface area contributed by atoms with Crippen LogP contribution < -0.4 is 31.3 Å². The van der Waals surface area contributed by atoms with Gasteiger partial charge in [-0.3, -0.25) is 0 Å². The maximum atomic E-state index is 6.97. The normalized spacial score (nSPS) is 19.9. The minimum atomic E-state index is -1.05. The Kier molecular flexibility index (Phi) is 6.25. The van der Waals surface area contributed by atoms with E-state index in [1.165, 1.54) is 77.1 Å². The number of aryl methyl sites for hydroxylation is 2. The standard InChI is InChI=1S/C51H36BN2O2P/c1-30-27-31(2)48-46-47(30)53(32-17-7-4-8-18-32)49-43-35-23-13-15-25-37(35)55-39(43)28-41-45(49)52(46)51(3)42(57(41)34-21-11-6-12-22-34)29-40-44(36-24-14-16-26-38(36)56-40)50(51)54(48)33-19-9-5-10-20-33/h4-29,50H,1-3H3. The summed E-state index contributed by atoms with van der Waals surface area (Å²) in [7, 11) is -1.05. The van der Waals surface area contributed by atoms with Crippen molar-refractivity contribution in [3.05, 3.63) is 179 Å². The van der Waals surface area contributed by atoms with Crippen LogP contribution in [0.2, 0.25) is 5.31 Å². The predicted octanol–water partition coefficient (Wildman–Crippen LogP) is 11.8. The zero-order valence-electron chi connectivity index (χ0n) is 31.8. The summed E-state index contributed by atoms with van der Waals surface area (Å²) in [6.45, 7) is 7.29. The Morgan fingerprint density at radius 2 is 1.21 bits per heavy atom. The van der Waals surface area contributed by atoms with Gasteiger partial charge < -0.3 is 18.6 Å². The molecule has 5 heterocycles. The molecule has 0 amide bonds. The van der Waals surface area contributed by atoms with Crippen LogP contribution in [-0.2, 0) is 0 Å². The van der Waals surface area contributed by atoms with Gasteiger partial charge in [-0.2, -0.15) is 0 Å². The largest absolute Gasteiger partial charge is 0.456 e. The average Bonchev–Trinajstić information content (AvgIpc) is 3.81. The monoisotopic (exact) mass is 750 g/mol. The second-order valence-electron chi connectivity index (χ2n) is 16.3. The molecule has 3 aliphatic heterocycles. The Labute approximate surface area is 332 Å². The van der Waals surface area contributed by atoms with Gasteiger partial charge in [-0.05, 0) is 108 Å². The van der Waals surface area contributed by atoms with Crippen molar-refractivity contribution in [1.29, 1.82) is 0 Å². The smallest absolute Gasteiger partial charge is 0.231 e. The van der Waals surface area contributed by atoms with Crippen molar-refractivity contribution >= 4 is 104 Å². The number of furan rings is 2. The van der Waals surface area contributed by atoms with E-state index in [9.17, 15) is 0 Å². The summed E-state index contributed by atoms with van der Waals surface area (Å²) < 4.78 is 13.9. The summed E-state index contributed by atoms with van der Waals surface area (Å²) in [6, 6.07) is 55.5. The number of para-hydroxylation sites is 4. The molecule has 270 valence electrons. The van der Waals surface area contributed by atoms with Gasteiger partial charge >= 0.3 is 0 Å². The number of benzene rings is 7. The van der Waals surface area contributed by atoms with Gasteiger partial charge in [0.1, 0.15) is 22.5 Å². The van der Waals surface area contributed by atoms with E-state index < -0.39 is 7.92 Å². The van der Waals surface area contributed by atoms with Crippen LogP contribution in [0.1, 0.15) is 35.4 Å². The van der Waals surface area contributed by atoms with Crippen molar-refractivity contribution in [3.8, 4) is 0 Å². The van der Waals surface area contributed by atoms with Crippen molar-refractivity contribution in [1.82, 2.24) is 0 Å². The highest BCUT2D eigenvalue weighted by atomic mass is 31.1. The number of fused-ring (bicyclic) bond motifs is 8. The summed E-state index contributed by atoms with van der Waals surface area (Å²) in [4.78, 5) is 5.32. The minimum Gasteiger partial charge on any atom is -0.456 e. The van der Waals surface area contributed by atoms with Crippen molar-refractivity contribution in [3.63, 3.8) is 0 Å². The zero-order chi connectivity index (χ0) is 37.7. The van der Waals surface area contributed by atoms with E-state index in [4.69, 9.17) is 8.83 Å². The van der Waals surface area contributed by atoms with Gasteiger partial charge in [0.15, 0.2) is 0 Å². The van der Waals surface area contributed by atoms with Crippen LogP contribution in [0.15, 0.2) is 166 Å². The maximum Gasteiger partial charge on any atom is 0.231 e. The lowest BCUT2D eigenvalue weighted by molar-refractivity contribution is 0.519. The summed E-state index contributed by atoms with van der Waals surface area (Å²) in [5, 5.41) is 7.31. The Balaban J connectivity index is 1.30. The molecule has 1 aliphatic carbocycles. The van der Waals surface area contributed by atoms with E-state index in [0.29, 0.717) is 0 Å². The molecule has 0 bridgehead atoms. The first-order valence-electron chi connectivity index (χ1n) is 19.9. The molecule has 0 fully saturated rings. The number of nitrogens with zero attached hydrogens (tertiary/aromatic N) is 2. The highest BCUT2D eigenvalue weighted by Crippen LogP contribution is 2.73.